The second kappa shape index (κ2) is 7.51. The van der Waals surface area contributed by atoms with Crippen molar-refractivity contribution in [2.45, 2.75) is 32.4 Å². The minimum atomic E-state index is -0.987. The van der Waals surface area contributed by atoms with Gasteiger partial charge in [0.2, 0.25) is 5.82 Å². The molecule has 0 heterocycles. The highest BCUT2D eigenvalue weighted by atomic mass is 19.1. The van der Waals surface area contributed by atoms with Crippen LogP contribution in [0.2, 0.25) is 0 Å². The van der Waals surface area contributed by atoms with E-state index in [9.17, 15) is 19.3 Å². The number of carbonyl (C=O) groups excluding carboxylic acids is 1. The minimum absolute atomic E-state index is 0.0903. The third kappa shape index (κ3) is 4.36. The average molecular weight is 358 g/mol. The third-order valence-electron chi connectivity index (χ3n) is 4.26. The summed E-state index contributed by atoms with van der Waals surface area (Å²) in [6.07, 6.45) is 1.92. The predicted octanol–water partition coefficient (Wildman–Crippen LogP) is 3.61. The number of ether oxygens (including phenoxy) is 1. The number of halogens is 1. The Morgan fingerprint density at radius 1 is 1.27 bits per heavy atom. The summed E-state index contributed by atoms with van der Waals surface area (Å²) in [5.41, 5.74) is 1.57. The molecule has 3 rings (SSSR count). The normalized spacial score (nSPS) is 13.3. The number of rotatable bonds is 7. The van der Waals surface area contributed by atoms with E-state index in [2.05, 4.69) is 0 Å². The second-order valence-electron chi connectivity index (χ2n) is 6.40. The molecule has 2 aromatic carbocycles. The molecule has 0 radical (unpaired) electrons. The van der Waals surface area contributed by atoms with E-state index >= 15 is 0 Å². The van der Waals surface area contributed by atoms with Gasteiger partial charge in [0.25, 0.3) is 5.91 Å². The summed E-state index contributed by atoms with van der Waals surface area (Å²) in [5, 5.41) is 10.6. The van der Waals surface area contributed by atoms with E-state index < -0.39 is 16.4 Å². The smallest absolute Gasteiger partial charge is 0.305 e. The highest BCUT2D eigenvalue weighted by molar-refractivity contribution is 5.78. The molecule has 0 bridgehead atoms. The van der Waals surface area contributed by atoms with Crippen molar-refractivity contribution in [3.63, 3.8) is 0 Å². The summed E-state index contributed by atoms with van der Waals surface area (Å²) in [5.74, 6) is -1.09. The quantitative estimate of drug-likeness (QED) is 0.560. The van der Waals surface area contributed by atoms with Crippen LogP contribution in [0.15, 0.2) is 42.5 Å². The van der Waals surface area contributed by atoms with Gasteiger partial charge in [-0.1, -0.05) is 29.8 Å². The number of nitro groups is 1. The van der Waals surface area contributed by atoms with Crippen LogP contribution in [0.3, 0.4) is 0 Å². The van der Waals surface area contributed by atoms with Crippen molar-refractivity contribution in [1.29, 1.82) is 0 Å². The van der Waals surface area contributed by atoms with Gasteiger partial charge in [-0.2, -0.15) is 4.39 Å². The Bertz CT molecular complexity index is 819. The van der Waals surface area contributed by atoms with Gasteiger partial charge in [-0.3, -0.25) is 14.9 Å². The fourth-order valence-electron chi connectivity index (χ4n) is 2.65. The molecule has 136 valence electrons. The third-order valence-corrected chi connectivity index (χ3v) is 4.26. The molecule has 7 heteroatoms. The number of benzene rings is 2. The highest BCUT2D eigenvalue weighted by Crippen LogP contribution is 2.29. The van der Waals surface area contributed by atoms with Crippen molar-refractivity contribution in [2.24, 2.45) is 0 Å². The molecule has 2 aromatic rings. The van der Waals surface area contributed by atoms with Gasteiger partial charge < -0.3 is 9.64 Å². The van der Waals surface area contributed by atoms with Crippen molar-refractivity contribution in [2.75, 3.05) is 6.61 Å². The maximum absolute atomic E-state index is 13.6. The Morgan fingerprint density at radius 3 is 2.54 bits per heavy atom. The Hall–Kier alpha value is -2.96. The lowest BCUT2D eigenvalue weighted by Gasteiger charge is -2.22. The summed E-state index contributed by atoms with van der Waals surface area (Å²) < 4.78 is 19.0. The van der Waals surface area contributed by atoms with E-state index in [1.54, 1.807) is 4.90 Å². The number of hydrogen-bond acceptors (Lipinski definition) is 4. The molecule has 1 fully saturated rings. The number of nitro benzene ring substituents is 1. The first-order valence-electron chi connectivity index (χ1n) is 8.36. The summed E-state index contributed by atoms with van der Waals surface area (Å²) in [6.45, 7) is 2.27. The van der Waals surface area contributed by atoms with Gasteiger partial charge in [0, 0.05) is 24.7 Å². The van der Waals surface area contributed by atoms with E-state index in [1.807, 2.05) is 31.2 Å². The van der Waals surface area contributed by atoms with E-state index in [4.69, 9.17) is 4.74 Å². The van der Waals surface area contributed by atoms with Crippen LogP contribution >= 0.6 is 0 Å². The molecule has 0 N–H and O–H groups in total. The van der Waals surface area contributed by atoms with Crippen LogP contribution in [-0.2, 0) is 11.3 Å². The number of carbonyl (C=O) groups is 1. The van der Waals surface area contributed by atoms with E-state index in [0.717, 1.165) is 36.1 Å². The Labute approximate surface area is 150 Å². The maximum atomic E-state index is 13.6. The second-order valence-corrected chi connectivity index (χ2v) is 6.40. The SMILES string of the molecule is Cc1ccc(CN(C(=O)COc2ccc([N+](=O)[O-])c(F)c2)C2CC2)cc1. The lowest BCUT2D eigenvalue weighted by Crippen LogP contribution is -2.36. The zero-order valence-corrected chi connectivity index (χ0v) is 14.4. The van der Waals surface area contributed by atoms with Gasteiger partial charge in [-0.15, -0.1) is 0 Å². The monoisotopic (exact) mass is 358 g/mol. The molecule has 0 atom stereocenters. The summed E-state index contributed by atoms with van der Waals surface area (Å²) >= 11 is 0. The highest BCUT2D eigenvalue weighted by Gasteiger charge is 2.32. The van der Waals surface area contributed by atoms with Crippen LogP contribution in [0.25, 0.3) is 0 Å². The first-order valence-corrected chi connectivity index (χ1v) is 8.36. The zero-order valence-electron chi connectivity index (χ0n) is 14.4. The molecule has 0 spiro atoms. The number of amides is 1. The molecule has 1 aliphatic carbocycles. The fourth-order valence-corrected chi connectivity index (χ4v) is 2.65. The minimum Gasteiger partial charge on any atom is -0.484 e. The Balaban J connectivity index is 1.62. The number of nitrogens with zero attached hydrogens (tertiary/aromatic N) is 2. The Morgan fingerprint density at radius 2 is 1.96 bits per heavy atom. The molecular weight excluding hydrogens is 339 g/mol. The van der Waals surface area contributed by atoms with Crippen molar-refractivity contribution in [3.8, 4) is 5.75 Å². The number of hydrogen-bond donors (Lipinski definition) is 0. The lowest BCUT2D eigenvalue weighted by atomic mass is 10.1. The van der Waals surface area contributed by atoms with E-state index in [-0.39, 0.29) is 24.3 Å². The molecule has 1 aliphatic rings. The fraction of sp³-hybridized carbons (Fsp3) is 0.316. The standard InChI is InChI=1S/C19H19FN2O4/c1-13-2-4-14(5-3-13)11-21(15-6-7-15)19(23)12-26-16-8-9-18(22(24)25)17(20)10-16/h2-5,8-10,15H,6-7,11-12H2,1H3. The molecule has 0 aliphatic heterocycles. The molecule has 6 nitrogen and oxygen atoms in total. The predicted molar refractivity (Wildman–Crippen MR) is 93.3 cm³/mol. The average Bonchev–Trinajstić information content (AvgIpc) is 3.44. The topological polar surface area (TPSA) is 72.7 Å². The van der Waals surface area contributed by atoms with E-state index in [0.29, 0.717) is 6.54 Å². The lowest BCUT2D eigenvalue weighted by molar-refractivity contribution is -0.387. The van der Waals surface area contributed by atoms with Crippen LogP contribution in [0.1, 0.15) is 24.0 Å². The molecule has 26 heavy (non-hydrogen) atoms. The van der Waals surface area contributed by atoms with Crippen molar-refractivity contribution in [3.05, 3.63) is 69.5 Å². The molecule has 0 aromatic heterocycles. The molecule has 1 saturated carbocycles. The van der Waals surface area contributed by atoms with Crippen molar-refractivity contribution >= 4 is 11.6 Å². The van der Waals surface area contributed by atoms with Crippen LogP contribution in [0.4, 0.5) is 10.1 Å². The van der Waals surface area contributed by atoms with Crippen LogP contribution < -0.4 is 4.74 Å². The molecule has 1 amide bonds. The summed E-state index contributed by atoms with van der Waals surface area (Å²) in [6, 6.07) is 11.4. The van der Waals surface area contributed by atoms with Gasteiger partial charge in [-0.25, -0.2) is 0 Å². The summed E-state index contributed by atoms with van der Waals surface area (Å²) in [7, 11) is 0. The summed E-state index contributed by atoms with van der Waals surface area (Å²) in [4.78, 5) is 24.1. The molecule has 0 unspecified atom stereocenters. The van der Waals surface area contributed by atoms with Gasteiger partial charge in [0.05, 0.1) is 4.92 Å². The van der Waals surface area contributed by atoms with Crippen molar-refractivity contribution < 1.29 is 18.8 Å². The first-order chi connectivity index (χ1) is 12.4. The van der Waals surface area contributed by atoms with Crippen LogP contribution in [-0.4, -0.2) is 28.4 Å². The van der Waals surface area contributed by atoms with Crippen LogP contribution in [0.5, 0.6) is 5.75 Å². The zero-order chi connectivity index (χ0) is 18.7. The van der Waals surface area contributed by atoms with E-state index in [1.165, 1.54) is 6.07 Å². The van der Waals surface area contributed by atoms with Gasteiger partial charge in [-0.05, 0) is 31.4 Å². The first kappa shape index (κ1) is 17.8. The van der Waals surface area contributed by atoms with Gasteiger partial charge >= 0.3 is 5.69 Å². The molecular formula is C19H19FN2O4. The number of aryl methyl sites for hydroxylation is 1. The van der Waals surface area contributed by atoms with Crippen molar-refractivity contribution in [1.82, 2.24) is 4.90 Å². The molecule has 0 saturated heterocycles. The maximum Gasteiger partial charge on any atom is 0.305 e. The van der Waals surface area contributed by atoms with Gasteiger partial charge in [0.1, 0.15) is 5.75 Å². The Kier molecular flexibility index (Phi) is 5.16. The largest absolute Gasteiger partial charge is 0.484 e. The van der Waals surface area contributed by atoms with Gasteiger partial charge in [0.15, 0.2) is 6.61 Å². The van der Waals surface area contributed by atoms with Crippen LogP contribution in [0, 0.1) is 22.9 Å².